The molecule has 5 heteroatoms. The number of imidazole rings is 1. The van der Waals surface area contributed by atoms with Gasteiger partial charge < -0.3 is 20.2 Å². The highest BCUT2D eigenvalue weighted by molar-refractivity contribution is 5.75. The third-order valence-corrected chi connectivity index (χ3v) is 4.56. The van der Waals surface area contributed by atoms with Gasteiger partial charge in [0.15, 0.2) is 0 Å². The van der Waals surface area contributed by atoms with Crippen molar-refractivity contribution in [2.45, 2.75) is 38.8 Å². The first-order valence-electron chi connectivity index (χ1n) is 7.86. The summed E-state index contributed by atoms with van der Waals surface area (Å²) in [4.78, 5) is 19.4. The minimum atomic E-state index is -0.144. The van der Waals surface area contributed by atoms with E-state index in [0.29, 0.717) is 12.1 Å². The second-order valence-corrected chi connectivity index (χ2v) is 5.98. The summed E-state index contributed by atoms with van der Waals surface area (Å²) in [7, 11) is 0. The molecule has 0 saturated carbocycles. The van der Waals surface area contributed by atoms with E-state index in [4.69, 9.17) is 0 Å². The molecule has 114 valence electrons. The summed E-state index contributed by atoms with van der Waals surface area (Å²) in [6, 6.07) is 7.01. The Bertz CT molecular complexity index is 652. The lowest BCUT2D eigenvalue weighted by molar-refractivity contribution is 0.200. The van der Waals surface area contributed by atoms with Crippen LogP contribution >= 0.6 is 0 Å². The number of aromatic nitrogens is 2. The smallest absolute Gasteiger partial charge is 0.307 e. The minimum Gasteiger partial charge on any atom is -0.307 e. The summed E-state index contributed by atoms with van der Waals surface area (Å²) in [5.41, 5.74) is 2.82. The third-order valence-electron chi connectivity index (χ3n) is 4.56. The Hall–Kier alpha value is -1.59. The number of nitrogens with one attached hydrogen (secondary N) is 3. The van der Waals surface area contributed by atoms with E-state index >= 15 is 0 Å². The molecule has 0 amide bonds. The van der Waals surface area contributed by atoms with E-state index in [1.807, 2.05) is 6.07 Å². The molecule has 1 aliphatic heterocycles. The highest BCUT2D eigenvalue weighted by atomic mass is 16.1. The number of hydrogen-bond donors (Lipinski definition) is 3. The van der Waals surface area contributed by atoms with Crippen molar-refractivity contribution in [1.82, 2.24) is 20.2 Å². The van der Waals surface area contributed by atoms with Crippen LogP contribution in [0.1, 0.15) is 38.3 Å². The molecule has 1 unspecified atom stereocenters. The molecule has 0 spiro atoms. The minimum absolute atomic E-state index is 0.144. The number of nitrogens with zero attached hydrogens (tertiary/aromatic N) is 1. The topological polar surface area (TPSA) is 63.9 Å². The fraction of sp³-hybridized carbons (Fsp3) is 0.562. The summed E-state index contributed by atoms with van der Waals surface area (Å²) in [6.45, 7) is 7.94. The Balaban J connectivity index is 1.66. The van der Waals surface area contributed by atoms with E-state index in [9.17, 15) is 4.79 Å². The monoisotopic (exact) mass is 288 g/mol. The molecule has 21 heavy (non-hydrogen) atoms. The summed E-state index contributed by atoms with van der Waals surface area (Å²) in [5, 5.41) is 3.72. The third kappa shape index (κ3) is 3.19. The molecule has 0 radical (unpaired) electrons. The zero-order valence-electron chi connectivity index (χ0n) is 12.8. The Morgan fingerprint density at radius 3 is 2.71 bits per heavy atom. The van der Waals surface area contributed by atoms with Crippen LogP contribution in [0, 0.1) is 0 Å². The fourth-order valence-electron chi connectivity index (χ4n) is 3.19. The normalized spacial score (nSPS) is 19.1. The second-order valence-electron chi connectivity index (χ2n) is 5.98. The molecule has 1 aromatic carbocycles. The van der Waals surface area contributed by atoms with E-state index < -0.39 is 0 Å². The quantitative estimate of drug-likeness (QED) is 0.806. The van der Waals surface area contributed by atoms with Crippen molar-refractivity contribution < 1.29 is 0 Å². The van der Waals surface area contributed by atoms with Crippen molar-refractivity contribution >= 4 is 11.0 Å². The van der Waals surface area contributed by atoms with Crippen LogP contribution in [-0.4, -0.2) is 40.5 Å². The lowest BCUT2D eigenvalue weighted by Gasteiger charge is -2.33. The Labute approximate surface area is 124 Å². The molecule has 0 aliphatic carbocycles. The van der Waals surface area contributed by atoms with Crippen LogP contribution in [-0.2, 0) is 0 Å². The van der Waals surface area contributed by atoms with Gasteiger partial charge in [0.1, 0.15) is 0 Å². The van der Waals surface area contributed by atoms with Gasteiger partial charge in [0.25, 0.3) is 0 Å². The predicted octanol–water partition coefficient (Wildman–Crippen LogP) is 1.99. The van der Waals surface area contributed by atoms with Gasteiger partial charge in [-0.2, -0.15) is 0 Å². The number of piperidine rings is 1. The van der Waals surface area contributed by atoms with Crippen molar-refractivity contribution in [3.8, 4) is 0 Å². The maximum Gasteiger partial charge on any atom is 0.323 e. The van der Waals surface area contributed by atoms with Gasteiger partial charge in [-0.3, -0.25) is 0 Å². The number of H-pyrrole nitrogens is 2. The number of hydrogen-bond acceptors (Lipinski definition) is 3. The molecule has 1 saturated heterocycles. The first kappa shape index (κ1) is 14.4. The van der Waals surface area contributed by atoms with Crippen LogP contribution in [0.4, 0.5) is 0 Å². The molecule has 3 N–H and O–H groups in total. The van der Waals surface area contributed by atoms with E-state index in [1.165, 1.54) is 31.5 Å². The summed E-state index contributed by atoms with van der Waals surface area (Å²) in [6.07, 6.45) is 2.42. The molecular formula is C16H24N4O. The van der Waals surface area contributed by atoms with E-state index in [0.717, 1.165) is 17.6 Å². The van der Waals surface area contributed by atoms with Gasteiger partial charge in [-0.1, -0.05) is 13.0 Å². The van der Waals surface area contributed by atoms with Crippen molar-refractivity contribution in [2.24, 2.45) is 0 Å². The van der Waals surface area contributed by atoms with Crippen molar-refractivity contribution in [1.29, 1.82) is 0 Å². The van der Waals surface area contributed by atoms with Crippen molar-refractivity contribution in [2.75, 3.05) is 19.6 Å². The van der Waals surface area contributed by atoms with Gasteiger partial charge in [0.2, 0.25) is 0 Å². The molecule has 2 aromatic rings. The van der Waals surface area contributed by atoms with Gasteiger partial charge in [-0.15, -0.1) is 0 Å². The molecule has 2 heterocycles. The first-order valence-corrected chi connectivity index (χ1v) is 7.86. The van der Waals surface area contributed by atoms with Crippen LogP contribution in [0.15, 0.2) is 23.0 Å². The van der Waals surface area contributed by atoms with Gasteiger partial charge in [0.05, 0.1) is 11.0 Å². The summed E-state index contributed by atoms with van der Waals surface area (Å²) in [5.74, 6) is 0. The fourth-order valence-corrected chi connectivity index (χ4v) is 3.19. The molecule has 1 atom stereocenters. The van der Waals surface area contributed by atoms with Crippen LogP contribution in [0.25, 0.3) is 11.0 Å². The molecule has 0 bridgehead atoms. The van der Waals surface area contributed by atoms with E-state index in [1.54, 1.807) is 0 Å². The number of benzene rings is 1. The lowest BCUT2D eigenvalue weighted by atomic mass is 10.0. The Kier molecular flexibility index (Phi) is 4.12. The van der Waals surface area contributed by atoms with Gasteiger partial charge in [-0.05, 0) is 57.1 Å². The van der Waals surface area contributed by atoms with Gasteiger partial charge in [0, 0.05) is 12.1 Å². The maximum absolute atomic E-state index is 11.3. The predicted molar refractivity (Wildman–Crippen MR) is 85.6 cm³/mol. The SMILES string of the molecule is CCN1CCC(NC(C)c2ccc3[nH]c(=O)[nH]c3c2)CC1. The molecule has 1 aromatic heterocycles. The van der Waals surface area contributed by atoms with E-state index in [2.05, 4.69) is 46.2 Å². The summed E-state index contributed by atoms with van der Waals surface area (Å²) < 4.78 is 0. The zero-order valence-corrected chi connectivity index (χ0v) is 12.8. The van der Waals surface area contributed by atoms with E-state index in [-0.39, 0.29) is 5.69 Å². The second kappa shape index (κ2) is 6.03. The number of likely N-dealkylation sites (tertiary alicyclic amines) is 1. The average molecular weight is 288 g/mol. The summed E-state index contributed by atoms with van der Waals surface area (Å²) >= 11 is 0. The van der Waals surface area contributed by atoms with Crippen LogP contribution < -0.4 is 11.0 Å². The molecule has 5 nitrogen and oxygen atoms in total. The Morgan fingerprint density at radius 1 is 1.29 bits per heavy atom. The lowest BCUT2D eigenvalue weighted by Crippen LogP contribution is -2.43. The van der Waals surface area contributed by atoms with Crippen molar-refractivity contribution in [3.05, 3.63) is 34.2 Å². The average Bonchev–Trinajstić information content (AvgIpc) is 2.87. The highest BCUT2D eigenvalue weighted by Crippen LogP contribution is 2.20. The zero-order chi connectivity index (χ0) is 14.8. The molecule has 1 fully saturated rings. The standard InChI is InChI=1S/C16H24N4O/c1-3-20-8-6-13(7-9-20)17-11(2)12-4-5-14-15(10-12)19-16(21)18-14/h4-5,10-11,13,17H,3,6-9H2,1-2H3,(H2,18,19,21). The van der Waals surface area contributed by atoms with Crippen LogP contribution in [0.2, 0.25) is 0 Å². The Morgan fingerprint density at radius 2 is 2.00 bits per heavy atom. The molecule has 3 rings (SSSR count). The van der Waals surface area contributed by atoms with Crippen LogP contribution in [0.5, 0.6) is 0 Å². The number of rotatable bonds is 4. The molecule has 1 aliphatic rings. The largest absolute Gasteiger partial charge is 0.323 e. The van der Waals surface area contributed by atoms with Crippen molar-refractivity contribution in [3.63, 3.8) is 0 Å². The van der Waals surface area contributed by atoms with Gasteiger partial charge in [-0.25, -0.2) is 4.79 Å². The van der Waals surface area contributed by atoms with Crippen LogP contribution in [0.3, 0.4) is 0 Å². The first-order chi connectivity index (χ1) is 10.2. The maximum atomic E-state index is 11.3. The number of aromatic amines is 2. The highest BCUT2D eigenvalue weighted by Gasteiger charge is 2.20. The van der Waals surface area contributed by atoms with Gasteiger partial charge >= 0.3 is 5.69 Å². The number of fused-ring (bicyclic) bond motifs is 1. The molecular weight excluding hydrogens is 264 g/mol.